The number of benzene rings is 2. The van der Waals surface area contributed by atoms with Gasteiger partial charge >= 0.3 is 0 Å². The van der Waals surface area contributed by atoms with Crippen molar-refractivity contribution in [2.75, 3.05) is 0 Å². The maximum atomic E-state index is 12.2. The number of hydrogen-bond donors (Lipinski definition) is 1. The Morgan fingerprint density at radius 3 is 2.55 bits per heavy atom. The first kappa shape index (κ1) is 15.5. The van der Waals surface area contributed by atoms with Gasteiger partial charge in [0, 0.05) is 0 Å². The Balaban J connectivity index is 2.14. The minimum absolute atomic E-state index is 0.105. The summed E-state index contributed by atoms with van der Waals surface area (Å²) in [7, 11) is 0. The Morgan fingerprint density at radius 1 is 1.18 bits per heavy atom. The van der Waals surface area contributed by atoms with Crippen LogP contribution in [0.25, 0.3) is 6.08 Å². The molecule has 0 heterocycles. The van der Waals surface area contributed by atoms with Crippen molar-refractivity contribution < 1.29 is 4.79 Å². The van der Waals surface area contributed by atoms with Crippen molar-refractivity contribution in [3.63, 3.8) is 0 Å². The minimum atomic E-state index is -0.361. The lowest BCUT2D eigenvalue weighted by molar-refractivity contribution is -0.117. The molecule has 0 spiro atoms. The van der Waals surface area contributed by atoms with Crippen molar-refractivity contribution >= 4 is 12.0 Å². The summed E-state index contributed by atoms with van der Waals surface area (Å²) in [5.41, 5.74) is 3.04. The van der Waals surface area contributed by atoms with Gasteiger partial charge < -0.3 is 5.32 Å². The van der Waals surface area contributed by atoms with Gasteiger partial charge in [0.25, 0.3) is 5.91 Å². The van der Waals surface area contributed by atoms with E-state index in [9.17, 15) is 10.1 Å². The molecule has 3 nitrogen and oxygen atoms in total. The van der Waals surface area contributed by atoms with Gasteiger partial charge in [-0.05, 0) is 31.1 Å². The van der Waals surface area contributed by atoms with Crippen molar-refractivity contribution in [2.45, 2.75) is 19.9 Å². The summed E-state index contributed by atoms with van der Waals surface area (Å²) in [4.78, 5) is 12.2. The second-order valence-corrected chi connectivity index (χ2v) is 5.19. The van der Waals surface area contributed by atoms with Crippen LogP contribution in [0.3, 0.4) is 0 Å². The van der Waals surface area contributed by atoms with Crippen LogP contribution in [-0.4, -0.2) is 5.91 Å². The number of amides is 1. The quantitative estimate of drug-likeness (QED) is 0.688. The molecule has 0 aliphatic rings. The van der Waals surface area contributed by atoms with Gasteiger partial charge in [-0.1, -0.05) is 60.2 Å². The number of aryl methyl sites for hydroxylation is 1. The van der Waals surface area contributed by atoms with Crippen LogP contribution in [0, 0.1) is 18.3 Å². The molecule has 1 atom stereocenters. The number of nitriles is 1. The van der Waals surface area contributed by atoms with Gasteiger partial charge in [-0.3, -0.25) is 4.79 Å². The molecule has 1 amide bonds. The predicted octanol–water partition coefficient (Wildman–Crippen LogP) is 3.78. The largest absolute Gasteiger partial charge is 0.345 e. The first-order valence-electron chi connectivity index (χ1n) is 7.14. The maximum Gasteiger partial charge on any atom is 0.262 e. The first-order valence-corrected chi connectivity index (χ1v) is 7.14. The second-order valence-electron chi connectivity index (χ2n) is 5.19. The van der Waals surface area contributed by atoms with E-state index >= 15 is 0 Å². The molecule has 22 heavy (non-hydrogen) atoms. The van der Waals surface area contributed by atoms with Gasteiger partial charge in [-0.25, -0.2) is 0 Å². The molecule has 2 aromatic carbocycles. The Hall–Kier alpha value is -2.86. The van der Waals surface area contributed by atoms with Crippen molar-refractivity contribution in [3.8, 4) is 6.07 Å². The van der Waals surface area contributed by atoms with Crippen molar-refractivity contribution in [2.24, 2.45) is 0 Å². The summed E-state index contributed by atoms with van der Waals surface area (Å²) in [5, 5.41) is 12.1. The van der Waals surface area contributed by atoms with Crippen LogP contribution in [-0.2, 0) is 4.79 Å². The van der Waals surface area contributed by atoms with Crippen LogP contribution >= 0.6 is 0 Å². The van der Waals surface area contributed by atoms with Crippen LogP contribution in [0.15, 0.2) is 60.2 Å². The average molecular weight is 290 g/mol. The molecular formula is C19H18N2O. The fourth-order valence-electron chi connectivity index (χ4n) is 2.17. The summed E-state index contributed by atoms with van der Waals surface area (Å²) in [5.74, 6) is -0.361. The van der Waals surface area contributed by atoms with Crippen molar-refractivity contribution in [1.29, 1.82) is 5.26 Å². The minimum Gasteiger partial charge on any atom is -0.345 e. The smallest absolute Gasteiger partial charge is 0.262 e. The Bertz CT molecular complexity index is 727. The number of nitrogens with one attached hydrogen (secondary N) is 1. The summed E-state index contributed by atoms with van der Waals surface area (Å²) in [6.45, 7) is 3.87. The normalized spacial score (nSPS) is 12.3. The van der Waals surface area contributed by atoms with E-state index in [2.05, 4.69) is 5.32 Å². The first-order chi connectivity index (χ1) is 10.6. The highest BCUT2D eigenvalue weighted by Gasteiger charge is 2.13. The third kappa shape index (κ3) is 4.07. The molecule has 2 aromatic rings. The fourth-order valence-corrected chi connectivity index (χ4v) is 2.17. The summed E-state index contributed by atoms with van der Waals surface area (Å²) in [6.07, 6.45) is 1.61. The number of hydrogen-bond acceptors (Lipinski definition) is 2. The molecule has 1 N–H and O–H groups in total. The number of carbonyl (C=O) groups excluding carboxylic acids is 1. The van der Waals surface area contributed by atoms with Crippen LogP contribution in [0.5, 0.6) is 0 Å². The number of rotatable bonds is 4. The SMILES string of the molecule is Cc1cccc(C=C(C#N)C(=O)NC(C)c2ccccc2)c1. The molecule has 0 fully saturated rings. The van der Waals surface area contributed by atoms with E-state index in [1.54, 1.807) is 6.08 Å². The molecule has 0 saturated heterocycles. The lowest BCUT2D eigenvalue weighted by atomic mass is 10.1. The van der Waals surface area contributed by atoms with E-state index in [-0.39, 0.29) is 17.5 Å². The highest BCUT2D eigenvalue weighted by atomic mass is 16.1. The third-order valence-electron chi connectivity index (χ3n) is 3.37. The monoisotopic (exact) mass is 290 g/mol. The molecule has 110 valence electrons. The van der Waals surface area contributed by atoms with E-state index in [1.165, 1.54) is 0 Å². The molecule has 0 aromatic heterocycles. The van der Waals surface area contributed by atoms with Gasteiger partial charge in [-0.2, -0.15) is 5.26 Å². The highest BCUT2D eigenvalue weighted by Crippen LogP contribution is 2.13. The van der Waals surface area contributed by atoms with E-state index in [1.807, 2.05) is 74.5 Å². The molecule has 1 unspecified atom stereocenters. The van der Waals surface area contributed by atoms with Crippen molar-refractivity contribution in [1.82, 2.24) is 5.32 Å². The maximum absolute atomic E-state index is 12.2. The molecular weight excluding hydrogens is 272 g/mol. The number of nitrogens with zero attached hydrogens (tertiary/aromatic N) is 1. The molecule has 0 aliphatic carbocycles. The van der Waals surface area contributed by atoms with Gasteiger partial charge in [0.05, 0.1) is 6.04 Å². The summed E-state index contributed by atoms with van der Waals surface area (Å²) < 4.78 is 0. The van der Waals surface area contributed by atoms with Crippen LogP contribution in [0.1, 0.15) is 29.7 Å². The van der Waals surface area contributed by atoms with Gasteiger partial charge in [0.2, 0.25) is 0 Å². The molecule has 0 aliphatic heterocycles. The van der Waals surface area contributed by atoms with E-state index in [0.29, 0.717) is 0 Å². The molecule has 0 saturated carbocycles. The van der Waals surface area contributed by atoms with Crippen molar-refractivity contribution in [3.05, 3.63) is 76.9 Å². The van der Waals surface area contributed by atoms with Gasteiger partial charge in [0.15, 0.2) is 0 Å². The Labute approximate surface area is 130 Å². The fraction of sp³-hybridized carbons (Fsp3) is 0.158. The Kier molecular flexibility index (Phi) is 5.11. The topological polar surface area (TPSA) is 52.9 Å². The zero-order valence-electron chi connectivity index (χ0n) is 12.7. The van der Waals surface area contributed by atoms with Crippen LogP contribution in [0.4, 0.5) is 0 Å². The lowest BCUT2D eigenvalue weighted by Crippen LogP contribution is -2.27. The molecule has 2 rings (SSSR count). The molecule has 0 radical (unpaired) electrons. The highest BCUT2D eigenvalue weighted by molar-refractivity contribution is 6.01. The second kappa shape index (κ2) is 7.24. The van der Waals surface area contributed by atoms with Gasteiger partial charge in [0.1, 0.15) is 11.6 Å². The van der Waals surface area contributed by atoms with Crippen LogP contribution in [0.2, 0.25) is 0 Å². The zero-order valence-corrected chi connectivity index (χ0v) is 12.7. The Morgan fingerprint density at radius 2 is 1.91 bits per heavy atom. The standard InChI is InChI=1S/C19H18N2O/c1-14-7-6-8-16(11-14)12-18(13-20)19(22)21-15(2)17-9-4-3-5-10-17/h3-12,15H,1-2H3,(H,21,22). The van der Waals surface area contributed by atoms with E-state index in [0.717, 1.165) is 16.7 Å². The van der Waals surface area contributed by atoms with E-state index < -0.39 is 0 Å². The predicted molar refractivity (Wildman–Crippen MR) is 87.8 cm³/mol. The van der Waals surface area contributed by atoms with E-state index in [4.69, 9.17) is 0 Å². The average Bonchev–Trinajstić information content (AvgIpc) is 2.53. The van der Waals surface area contributed by atoms with Gasteiger partial charge in [-0.15, -0.1) is 0 Å². The lowest BCUT2D eigenvalue weighted by Gasteiger charge is -2.13. The summed E-state index contributed by atoms with van der Waals surface area (Å²) in [6, 6.07) is 19.2. The zero-order chi connectivity index (χ0) is 15.9. The summed E-state index contributed by atoms with van der Waals surface area (Å²) >= 11 is 0. The third-order valence-corrected chi connectivity index (χ3v) is 3.37. The van der Waals surface area contributed by atoms with Crippen LogP contribution < -0.4 is 5.32 Å². The number of carbonyl (C=O) groups is 1. The molecule has 3 heteroatoms. The molecule has 0 bridgehead atoms.